The lowest BCUT2D eigenvalue weighted by atomic mass is 10.1. The maximum atomic E-state index is 13.6. The highest BCUT2D eigenvalue weighted by atomic mass is 35.5. The van der Waals surface area contributed by atoms with Crippen molar-refractivity contribution < 1.29 is 19.1 Å². The molecule has 1 aromatic heterocycles. The molecule has 2 aromatic carbocycles. The first-order valence-electron chi connectivity index (χ1n) is 11.1. The van der Waals surface area contributed by atoms with Crippen molar-refractivity contribution in [2.45, 2.75) is 31.2 Å². The summed E-state index contributed by atoms with van der Waals surface area (Å²) in [6.45, 7) is 0.315. The van der Waals surface area contributed by atoms with Crippen LogP contribution in [0.15, 0.2) is 54.7 Å². The van der Waals surface area contributed by atoms with E-state index in [0.717, 1.165) is 4.90 Å². The van der Waals surface area contributed by atoms with Gasteiger partial charge >= 0.3 is 12.1 Å². The van der Waals surface area contributed by atoms with Crippen molar-refractivity contribution in [3.63, 3.8) is 0 Å². The summed E-state index contributed by atoms with van der Waals surface area (Å²) in [6, 6.07) is 13.8. The highest BCUT2D eigenvalue weighted by Crippen LogP contribution is 2.43. The van der Waals surface area contributed by atoms with Crippen molar-refractivity contribution in [3.05, 3.63) is 70.9 Å². The largest absolute Gasteiger partial charge is 0.444 e. The van der Waals surface area contributed by atoms with Crippen molar-refractivity contribution >= 4 is 46.2 Å². The van der Waals surface area contributed by atoms with Gasteiger partial charge in [0.1, 0.15) is 18.7 Å². The van der Waals surface area contributed by atoms with Crippen LogP contribution in [0.5, 0.6) is 0 Å². The minimum Gasteiger partial charge on any atom is -0.444 e. The van der Waals surface area contributed by atoms with Gasteiger partial charge in [-0.25, -0.2) is 14.5 Å². The molecule has 3 saturated heterocycles. The zero-order chi connectivity index (χ0) is 24.3. The summed E-state index contributed by atoms with van der Waals surface area (Å²) in [7, 11) is 0. The monoisotopic (exact) mass is 487 g/mol. The third kappa shape index (κ3) is 3.14. The summed E-state index contributed by atoms with van der Waals surface area (Å²) in [5.74, 6) is -0.402. The van der Waals surface area contributed by atoms with E-state index in [-0.39, 0.29) is 12.6 Å². The standard InChI is InChI=1S/C25H18ClN5O4/c26-18-6-2-1-4-15(18)13-35-25(34)29-12-16-10-20(29)22-23(32)31(24(33)30(16)22)19-8-7-14(11-27)21-17(19)5-3-9-28-21/h1-9,16,20,22H,10,12-13H2/t16-,20?,22?/m1/s1. The normalized spacial score (nSPS) is 22.6. The Bertz CT molecular complexity index is 1450. The molecule has 3 aliphatic rings. The number of imide groups is 1. The second-order valence-electron chi connectivity index (χ2n) is 8.71. The number of likely N-dealkylation sites (tertiary alicyclic amines) is 1. The van der Waals surface area contributed by atoms with Crippen LogP contribution in [0.3, 0.4) is 0 Å². The smallest absolute Gasteiger partial charge is 0.410 e. The van der Waals surface area contributed by atoms with Crippen LogP contribution >= 0.6 is 11.6 Å². The number of ether oxygens (including phenoxy) is 1. The molecule has 3 aromatic rings. The molecule has 0 radical (unpaired) electrons. The molecule has 0 saturated carbocycles. The summed E-state index contributed by atoms with van der Waals surface area (Å²) in [6.07, 6.45) is 1.54. The second kappa shape index (κ2) is 7.96. The zero-order valence-corrected chi connectivity index (χ0v) is 19.1. The number of rotatable bonds is 3. The van der Waals surface area contributed by atoms with E-state index >= 15 is 0 Å². The maximum absolute atomic E-state index is 13.6. The molecule has 4 heterocycles. The second-order valence-corrected chi connectivity index (χ2v) is 9.11. The molecule has 35 heavy (non-hydrogen) atoms. The third-order valence-electron chi connectivity index (χ3n) is 6.92. The minimum absolute atomic E-state index is 0.0179. The lowest BCUT2D eigenvalue weighted by Gasteiger charge is -2.34. The molecular formula is C25H18ClN5O4. The van der Waals surface area contributed by atoms with Gasteiger partial charge in [0.2, 0.25) is 0 Å². The molecule has 0 N–H and O–H groups in total. The van der Waals surface area contributed by atoms with Gasteiger partial charge in [0.05, 0.1) is 28.9 Å². The van der Waals surface area contributed by atoms with Crippen LogP contribution < -0.4 is 4.90 Å². The van der Waals surface area contributed by atoms with Crippen LogP contribution in [-0.2, 0) is 16.1 Å². The average molecular weight is 488 g/mol. The predicted molar refractivity (Wildman–Crippen MR) is 126 cm³/mol. The van der Waals surface area contributed by atoms with Crippen LogP contribution in [-0.4, -0.2) is 57.5 Å². The summed E-state index contributed by atoms with van der Waals surface area (Å²) >= 11 is 6.15. The van der Waals surface area contributed by atoms with Crippen molar-refractivity contribution in [2.75, 3.05) is 11.4 Å². The number of anilines is 1. The first-order valence-corrected chi connectivity index (χ1v) is 11.5. The van der Waals surface area contributed by atoms with Gasteiger partial charge in [0, 0.05) is 28.7 Å². The number of nitrogens with zero attached hydrogens (tertiary/aromatic N) is 5. The number of hydrogen-bond donors (Lipinski definition) is 0. The molecule has 174 valence electrons. The van der Waals surface area contributed by atoms with Crippen LogP contribution in [0.4, 0.5) is 15.3 Å². The highest BCUT2D eigenvalue weighted by Gasteiger charge is 2.63. The van der Waals surface area contributed by atoms with Gasteiger partial charge in [0.15, 0.2) is 0 Å². The first kappa shape index (κ1) is 21.4. The van der Waals surface area contributed by atoms with E-state index in [4.69, 9.17) is 16.3 Å². The Hall–Kier alpha value is -4.16. The number of halogens is 1. The van der Waals surface area contributed by atoms with Crippen molar-refractivity contribution in [1.29, 1.82) is 5.26 Å². The van der Waals surface area contributed by atoms with Crippen LogP contribution in [0.1, 0.15) is 17.5 Å². The topological polar surface area (TPSA) is 107 Å². The van der Waals surface area contributed by atoms with Crippen LogP contribution in [0.2, 0.25) is 5.02 Å². The Morgan fingerprint density at radius 3 is 2.80 bits per heavy atom. The molecule has 2 bridgehead atoms. The van der Waals surface area contributed by atoms with E-state index in [0.29, 0.717) is 45.7 Å². The van der Waals surface area contributed by atoms with Crippen molar-refractivity contribution in [3.8, 4) is 6.07 Å². The zero-order valence-electron chi connectivity index (χ0n) is 18.3. The molecule has 3 atom stereocenters. The van der Waals surface area contributed by atoms with Gasteiger partial charge in [-0.2, -0.15) is 5.26 Å². The number of nitriles is 1. The molecule has 4 amide bonds. The van der Waals surface area contributed by atoms with E-state index in [9.17, 15) is 19.6 Å². The number of benzene rings is 2. The van der Waals surface area contributed by atoms with Gasteiger partial charge < -0.3 is 14.5 Å². The first-order chi connectivity index (χ1) is 17.0. The summed E-state index contributed by atoms with van der Waals surface area (Å²) in [5, 5.41) is 10.5. The molecule has 6 rings (SSSR count). The fourth-order valence-corrected chi connectivity index (χ4v) is 5.56. The Morgan fingerprint density at radius 2 is 2.00 bits per heavy atom. The number of pyridine rings is 1. The van der Waals surface area contributed by atoms with Crippen molar-refractivity contribution in [1.82, 2.24) is 14.8 Å². The Labute approximate surface area is 205 Å². The number of amides is 4. The Balaban J connectivity index is 1.27. The lowest BCUT2D eigenvalue weighted by molar-refractivity contribution is -0.121. The quantitative estimate of drug-likeness (QED) is 0.521. The number of carbonyl (C=O) groups excluding carboxylic acids is 3. The number of piperazine rings is 1. The Kier molecular flexibility index (Phi) is 4.86. The SMILES string of the molecule is N#Cc1ccc(N2C(=O)C3C4C[C@H](CN4C(=O)OCc4ccccc4Cl)N3C2=O)c2cccnc12. The Morgan fingerprint density at radius 1 is 1.17 bits per heavy atom. The maximum Gasteiger partial charge on any atom is 0.410 e. The fourth-order valence-electron chi connectivity index (χ4n) is 5.37. The molecule has 10 heteroatoms. The van der Waals surface area contributed by atoms with Gasteiger partial charge in [-0.15, -0.1) is 0 Å². The molecular weight excluding hydrogens is 470 g/mol. The summed E-state index contributed by atoms with van der Waals surface area (Å²) in [4.78, 5) is 48.4. The van der Waals surface area contributed by atoms with Crippen LogP contribution in [0, 0.1) is 11.3 Å². The van der Waals surface area contributed by atoms with Gasteiger partial charge in [-0.05, 0) is 36.8 Å². The number of fused-ring (bicyclic) bond motifs is 6. The molecule has 3 fully saturated rings. The van der Waals surface area contributed by atoms with Crippen molar-refractivity contribution in [2.24, 2.45) is 0 Å². The number of urea groups is 1. The van der Waals surface area contributed by atoms with Gasteiger partial charge in [-0.1, -0.05) is 29.8 Å². The van der Waals surface area contributed by atoms with Crippen LogP contribution in [0.25, 0.3) is 10.9 Å². The lowest BCUT2D eigenvalue weighted by Crippen LogP contribution is -2.54. The van der Waals surface area contributed by atoms with E-state index < -0.39 is 30.1 Å². The summed E-state index contributed by atoms with van der Waals surface area (Å²) < 4.78 is 5.49. The predicted octanol–water partition coefficient (Wildman–Crippen LogP) is 3.69. The van der Waals surface area contributed by atoms with E-state index in [1.54, 1.807) is 53.6 Å². The van der Waals surface area contributed by atoms with Gasteiger partial charge in [0.25, 0.3) is 5.91 Å². The fraction of sp³-hybridized carbons (Fsp3) is 0.240. The molecule has 9 nitrogen and oxygen atoms in total. The molecule has 2 unspecified atom stereocenters. The highest BCUT2D eigenvalue weighted by molar-refractivity contribution is 6.31. The number of hydrogen-bond acceptors (Lipinski definition) is 6. The van der Waals surface area contributed by atoms with E-state index in [1.807, 2.05) is 6.07 Å². The third-order valence-corrected chi connectivity index (χ3v) is 7.28. The van der Waals surface area contributed by atoms with Gasteiger partial charge in [-0.3, -0.25) is 9.78 Å². The number of aromatic nitrogens is 1. The summed E-state index contributed by atoms with van der Waals surface area (Å²) in [5.41, 5.74) is 1.85. The minimum atomic E-state index is -0.781. The average Bonchev–Trinajstić information content (AvgIpc) is 3.54. The molecule has 3 aliphatic heterocycles. The number of carbonyl (C=O) groups is 3. The van der Waals surface area contributed by atoms with E-state index in [1.165, 1.54) is 4.90 Å². The van der Waals surface area contributed by atoms with E-state index in [2.05, 4.69) is 11.1 Å². The molecule has 0 aliphatic carbocycles. The molecule has 0 spiro atoms.